The van der Waals surface area contributed by atoms with E-state index in [-0.39, 0.29) is 18.3 Å². The summed E-state index contributed by atoms with van der Waals surface area (Å²) in [6, 6.07) is 1.10. The van der Waals surface area contributed by atoms with E-state index in [0.717, 1.165) is 50.5 Å². The first-order valence-electron chi connectivity index (χ1n) is 11.7. The number of nitrogens with two attached hydrogens (primary N) is 1. The molecule has 1 aliphatic carbocycles. The van der Waals surface area contributed by atoms with Crippen LogP contribution in [0, 0.1) is 0 Å². The largest absolute Gasteiger partial charge is 0.463 e. The van der Waals surface area contributed by atoms with Gasteiger partial charge >= 0.3 is 6.01 Å². The van der Waals surface area contributed by atoms with E-state index in [1.165, 1.54) is 38.8 Å². The van der Waals surface area contributed by atoms with Gasteiger partial charge in [0.15, 0.2) is 0 Å². The zero-order valence-electron chi connectivity index (χ0n) is 18.3. The molecule has 1 amide bonds. The molecular weight excluding hydrogens is 380 g/mol. The predicted octanol–water partition coefficient (Wildman–Crippen LogP) is 2.08. The molecule has 3 heterocycles. The van der Waals surface area contributed by atoms with E-state index in [2.05, 4.69) is 26.7 Å². The van der Waals surface area contributed by atoms with Crippen LogP contribution < -0.4 is 15.4 Å². The average Bonchev–Trinajstić information content (AvgIpc) is 3.38. The fourth-order valence-corrected chi connectivity index (χ4v) is 4.90. The summed E-state index contributed by atoms with van der Waals surface area (Å²) >= 11 is 0. The third-order valence-electron chi connectivity index (χ3n) is 6.71. The molecule has 0 unspecified atom stereocenters. The number of aromatic nitrogens is 2. The molecule has 1 saturated heterocycles. The molecule has 0 spiro atoms. The van der Waals surface area contributed by atoms with Gasteiger partial charge in [-0.3, -0.25) is 14.6 Å². The summed E-state index contributed by atoms with van der Waals surface area (Å²) in [5.41, 5.74) is 6.83. The van der Waals surface area contributed by atoms with Crippen LogP contribution in [-0.2, 0) is 11.2 Å². The monoisotopic (exact) mass is 416 g/mol. The highest BCUT2D eigenvalue weighted by Gasteiger charge is 2.32. The van der Waals surface area contributed by atoms with E-state index in [1.54, 1.807) is 4.90 Å². The summed E-state index contributed by atoms with van der Waals surface area (Å²) < 4.78 is 5.63. The van der Waals surface area contributed by atoms with Gasteiger partial charge in [-0.25, -0.2) is 0 Å². The van der Waals surface area contributed by atoms with Crippen LogP contribution >= 0.6 is 0 Å². The van der Waals surface area contributed by atoms with Crippen LogP contribution in [0.1, 0.15) is 57.4 Å². The normalized spacial score (nSPS) is 20.8. The summed E-state index contributed by atoms with van der Waals surface area (Å²) in [5, 5.41) is 0. The van der Waals surface area contributed by atoms with Crippen LogP contribution in [0.3, 0.4) is 0 Å². The fourth-order valence-electron chi connectivity index (χ4n) is 4.90. The molecule has 0 radical (unpaired) electrons. The smallest absolute Gasteiger partial charge is 0.320 e. The Morgan fingerprint density at radius 2 is 1.83 bits per heavy atom. The lowest BCUT2D eigenvalue weighted by Gasteiger charge is -2.38. The van der Waals surface area contributed by atoms with E-state index in [1.807, 2.05) is 0 Å². The highest BCUT2D eigenvalue weighted by Crippen LogP contribution is 2.32. The number of piperazine rings is 1. The van der Waals surface area contributed by atoms with Crippen molar-refractivity contribution in [3.8, 4) is 6.01 Å². The molecule has 1 aromatic rings. The van der Waals surface area contributed by atoms with Crippen LogP contribution in [-0.4, -0.2) is 77.6 Å². The number of hydrogen-bond donors (Lipinski definition) is 1. The third-order valence-corrected chi connectivity index (χ3v) is 6.71. The SMILES string of the molecule is CCCCOc1nc(N)c2c(n1)N(CCCN1CCN(C3CCCC3)CC1)C(=O)C2. The van der Waals surface area contributed by atoms with Gasteiger partial charge in [0, 0.05) is 44.3 Å². The molecule has 8 nitrogen and oxygen atoms in total. The summed E-state index contributed by atoms with van der Waals surface area (Å²) in [4.78, 5) is 28.3. The summed E-state index contributed by atoms with van der Waals surface area (Å²) in [6.45, 7) is 8.97. The molecule has 1 saturated carbocycles. The lowest BCUT2D eigenvalue weighted by atomic mass is 10.2. The molecule has 0 bridgehead atoms. The molecule has 0 aromatic carbocycles. The number of ether oxygens (including phenoxy) is 1. The number of hydrogen-bond acceptors (Lipinski definition) is 7. The molecule has 30 heavy (non-hydrogen) atoms. The third kappa shape index (κ3) is 4.86. The number of nitrogens with zero attached hydrogens (tertiary/aromatic N) is 5. The standard InChI is InChI=1S/C22H36N6O2/c1-2-3-15-30-22-24-20(23)18-16-19(29)28(21(18)25-22)10-6-9-26-11-13-27(14-12-26)17-7-4-5-8-17/h17H,2-16H2,1H3,(H2,23,24,25). The Morgan fingerprint density at radius 3 is 2.57 bits per heavy atom. The van der Waals surface area contributed by atoms with Gasteiger partial charge in [-0.2, -0.15) is 9.97 Å². The number of amides is 1. The second kappa shape index (κ2) is 9.92. The first kappa shape index (κ1) is 21.3. The van der Waals surface area contributed by atoms with Gasteiger partial charge in [0.1, 0.15) is 11.6 Å². The Morgan fingerprint density at radius 1 is 1.07 bits per heavy atom. The molecule has 2 aliphatic heterocycles. The number of fused-ring (bicyclic) bond motifs is 1. The Balaban J connectivity index is 1.28. The molecule has 1 aromatic heterocycles. The molecule has 0 atom stereocenters. The van der Waals surface area contributed by atoms with Gasteiger partial charge in [-0.1, -0.05) is 26.2 Å². The minimum Gasteiger partial charge on any atom is -0.463 e. The first-order valence-corrected chi connectivity index (χ1v) is 11.7. The van der Waals surface area contributed by atoms with Crippen LogP contribution in [0.4, 0.5) is 11.6 Å². The van der Waals surface area contributed by atoms with Gasteiger partial charge in [-0.15, -0.1) is 0 Å². The summed E-state index contributed by atoms with van der Waals surface area (Å²) in [6.07, 6.45) is 8.76. The maximum Gasteiger partial charge on any atom is 0.320 e. The second-order valence-electron chi connectivity index (χ2n) is 8.79. The molecular formula is C22H36N6O2. The van der Waals surface area contributed by atoms with Crippen molar-refractivity contribution in [2.45, 2.75) is 64.3 Å². The number of rotatable bonds is 9. The number of carbonyl (C=O) groups excluding carboxylic acids is 1. The lowest BCUT2D eigenvalue weighted by Crippen LogP contribution is -2.50. The number of anilines is 2. The predicted molar refractivity (Wildman–Crippen MR) is 118 cm³/mol. The van der Waals surface area contributed by atoms with Crippen LogP contribution in [0.5, 0.6) is 6.01 Å². The van der Waals surface area contributed by atoms with E-state index < -0.39 is 0 Å². The Hall–Kier alpha value is -1.93. The topological polar surface area (TPSA) is 87.8 Å². The Kier molecular flexibility index (Phi) is 7.04. The quantitative estimate of drug-likeness (QED) is 0.617. The minimum absolute atomic E-state index is 0.0581. The summed E-state index contributed by atoms with van der Waals surface area (Å²) in [7, 11) is 0. The Labute approximate surface area is 179 Å². The van der Waals surface area contributed by atoms with Crippen molar-refractivity contribution in [3.05, 3.63) is 5.56 Å². The van der Waals surface area contributed by atoms with Crippen LogP contribution in [0.25, 0.3) is 0 Å². The van der Waals surface area contributed by atoms with Crippen LogP contribution in [0.15, 0.2) is 0 Å². The van der Waals surface area contributed by atoms with Gasteiger partial charge in [0.25, 0.3) is 0 Å². The van der Waals surface area contributed by atoms with E-state index in [0.29, 0.717) is 24.8 Å². The minimum atomic E-state index is 0.0581. The maximum absolute atomic E-state index is 12.6. The van der Waals surface area contributed by atoms with Crippen molar-refractivity contribution in [1.29, 1.82) is 0 Å². The summed E-state index contributed by atoms with van der Waals surface area (Å²) in [5.74, 6) is 1.07. The van der Waals surface area contributed by atoms with E-state index >= 15 is 0 Å². The average molecular weight is 417 g/mol. The van der Waals surface area contributed by atoms with Crippen molar-refractivity contribution in [2.24, 2.45) is 0 Å². The van der Waals surface area contributed by atoms with Crippen molar-refractivity contribution < 1.29 is 9.53 Å². The van der Waals surface area contributed by atoms with Crippen molar-refractivity contribution in [1.82, 2.24) is 19.8 Å². The lowest BCUT2D eigenvalue weighted by molar-refractivity contribution is -0.117. The van der Waals surface area contributed by atoms with Crippen molar-refractivity contribution in [3.63, 3.8) is 0 Å². The highest BCUT2D eigenvalue weighted by molar-refractivity contribution is 6.01. The van der Waals surface area contributed by atoms with Gasteiger partial charge in [0.2, 0.25) is 5.91 Å². The molecule has 2 N–H and O–H groups in total. The van der Waals surface area contributed by atoms with Gasteiger partial charge in [-0.05, 0) is 32.2 Å². The maximum atomic E-state index is 12.6. The Bertz CT molecular complexity index is 729. The number of carbonyl (C=O) groups is 1. The van der Waals surface area contributed by atoms with Crippen LogP contribution in [0.2, 0.25) is 0 Å². The number of unbranched alkanes of at least 4 members (excludes halogenated alkanes) is 1. The molecule has 4 rings (SSSR count). The molecule has 166 valence electrons. The number of nitrogen functional groups attached to an aromatic ring is 1. The van der Waals surface area contributed by atoms with Crippen molar-refractivity contribution in [2.75, 3.05) is 56.5 Å². The van der Waals surface area contributed by atoms with E-state index in [4.69, 9.17) is 10.5 Å². The van der Waals surface area contributed by atoms with E-state index in [9.17, 15) is 4.79 Å². The zero-order chi connectivity index (χ0) is 20.9. The van der Waals surface area contributed by atoms with Crippen molar-refractivity contribution >= 4 is 17.5 Å². The molecule has 2 fully saturated rings. The van der Waals surface area contributed by atoms with Gasteiger partial charge < -0.3 is 15.4 Å². The van der Waals surface area contributed by atoms with Gasteiger partial charge in [0.05, 0.1) is 13.0 Å². The molecule has 8 heteroatoms. The fraction of sp³-hybridized carbons (Fsp3) is 0.773. The highest BCUT2D eigenvalue weighted by atomic mass is 16.5. The zero-order valence-corrected chi connectivity index (χ0v) is 18.3. The first-order chi connectivity index (χ1) is 14.7. The second-order valence-corrected chi connectivity index (χ2v) is 8.79. The molecule has 3 aliphatic rings.